The molecule has 2 N–H and O–H groups in total. The van der Waals surface area contributed by atoms with Crippen molar-refractivity contribution in [2.24, 2.45) is 5.92 Å². The summed E-state index contributed by atoms with van der Waals surface area (Å²) in [6, 6.07) is 0. The third-order valence-electron chi connectivity index (χ3n) is 3.45. The quantitative estimate of drug-likeness (QED) is 0.694. The molecule has 1 atom stereocenters. The summed E-state index contributed by atoms with van der Waals surface area (Å²) in [5.74, 6) is 0.813. The normalized spacial score (nSPS) is 21.8. The smallest absolute Gasteiger partial charge is 0.0564 e. The first-order valence-corrected chi connectivity index (χ1v) is 6.31. The summed E-state index contributed by atoms with van der Waals surface area (Å²) in [4.78, 5) is 2.51. The molecule has 3 nitrogen and oxygen atoms in total. The fraction of sp³-hybridized carbons (Fsp3) is 1.00. The molecule has 0 aromatic rings. The number of nitrogens with one attached hydrogen (secondary N) is 1. The fourth-order valence-electron chi connectivity index (χ4n) is 2.24. The predicted octanol–water partition coefficient (Wildman–Crippen LogP) is 1.08. The molecule has 1 aliphatic heterocycles. The molecule has 0 aromatic carbocycles. The van der Waals surface area contributed by atoms with Crippen molar-refractivity contribution in [2.45, 2.75) is 38.7 Å². The molecule has 0 radical (unpaired) electrons. The SMILES string of the molecule is CCC(CCNC)CN1CCC(O)CC1. The highest BCUT2D eigenvalue weighted by Crippen LogP contribution is 2.15. The Labute approximate surface area is 93.9 Å². The van der Waals surface area contributed by atoms with Crippen LogP contribution >= 0.6 is 0 Å². The van der Waals surface area contributed by atoms with E-state index in [1.807, 2.05) is 7.05 Å². The second-order valence-corrected chi connectivity index (χ2v) is 4.70. The van der Waals surface area contributed by atoms with E-state index in [4.69, 9.17) is 0 Å². The van der Waals surface area contributed by atoms with Crippen molar-refractivity contribution in [1.82, 2.24) is 10.2 Å². The minimum atomic E-state index is -0.0429. The lowest BCUT2D eigenvalue weighted by Crippen LogP contribution is -2.39. The van der Waals surface area contributed by atoms with Crippen LogP contribution in [0.25, 0.3) is 0 Å². The molecule has 1 fully saturated rings. The van der Waals surface area contributed by atoms with Crippen molar-refractivity contribution in [3.63, 3.8) is 0 Å². The number of aliphatic hydroxyl groups is 1. The topological polar surface area (TPSA) is 35.5 Å². The van der Waals surface area contributed by atoms with E-state index in [-0.39, 0.29) is 6.10 Å². The zero-order valence-electron chi connectivity index (χ0n) is 10.2. The van der Waals surface area contributed by atoms with Crippen LogP contribution in [0.2, 0.25) is 0 Å². The van der Waals surface area contributed by atoms with E-state index >= 15 is 0 Å². The molecular formula is C12H26N2O. The van der Waals surface area contributed by atoms with Crippen molar-refractivity contribution in [3.05, 3.63) is 0 Å². The molecule has 1 saturated heterocycles. The highest BCUT2D eigenvalue weighted by atomic mass is 16.3. The maximum atomic E-state index is 9.42. The number of hydrogen-bond acceptors (Lipinski definition) is 3. The molecule has 15 heavy (non-hydrogen) atoms. The highest BCUT2D eigenvalue weighted by Gasteiger charge is 2.19. The zero-order valence-corrected chi connectivity index (χ0v) is 10.2. The van der Waals surface area contributed by atoms with Crippen molar-refractivity contribution < 1.29 is 5.11 Å². The van der Waals surface area contributed by atoms with Gasteiger partial charge >= 0.3 is 0 Å². The van der Waals surface area contributed by atoms with E-state index in [1.54, 1.807) is 0 Å². The van der Waals surface area contributed by atoms with Gasteiger partial charge in [-0.3, -0.25) is 0 Å². The fourth-order valence-corrected chi connectivity index (χ4v) is 2.24. The molecule has 1 unspecified atom stereocenters. The third kappa shape index (κ3) is 4.96. The van der Waals surface area contributed by atoms with Gasteiger partial charge in [-0.15, -0.1) is 0 Å². The minimum Gasteiger partial charge on any atom is -0.393 e. The Balaban J connectivity index is 2.19. The van der Waals surface area contributed by atoms with Gasteiger partial charge in [0.05, 0.1) is 6.10 Å². The van der Waals surface area contributed by atoms with E-state index in [9.17, 15) is 5.11 Å². The van der Waals surface area contributed by atoms with Crippen molar-refractivity contribution in [3.8, 4) is 0 Å². The van der Waals surface area contributed by atoms with Gasteiger partial charge in [0.25, 0.3) is 0 Å². The van der Waals surface area contributed by atoms with Gasteiger partial charge in [-0.05, 0) is 38.8 Å². The maximum absolute atomic E-state index is 9.42. The number of piperidine rings is 1. The standard InChI is InChI=1S/C12H26N2O/c1-3-11(4-7-13-2)10-14-8-5-12(15)6-9-14/h11-13,15H,3-10H2,1-2H3. The summed E-state index contributed by atoms with van der Waals surface area (Å²) in [7, 11) is 2.02. The van der Waals surface area contributed by atoms with Crippen LogP contribution in [0.5, 0.6) is 0 Å². The number of nitrogens with zero attached hydrogens (tertiary/aromatic N) is 1. The summed E-state index contributed by atoms with van der Waals surface area (Å²) in [5.41, 5.74) is 0. The molecule has 0 aromatic heterocycles. The summed E-state index contributed by atoms with van der Waals surface area (Å²) in [6.07, 6.45) is 4.41. The number of hydrogen-bond donors (Lipinski definition) is 2. The second-order valence-electron chi connectivity index (χ2n) is 4.70. The van der Waals surface area contributed by atoms with E-state index in [0.717, 1.165) is 38.4 Å². The van der Waals surface area contributed by atoms with E-state index in [0.29, 0.717) is 0 Å². The molecule has 1 rings (SSSR count). The Kier molecular flexibility index (Phi) is 6.22. The summed E-state index contributed by atoms with van der Waals surface area (Å²) in [6.45, 7) is 6.77. The van der Waals surface area contributed by atoms with Crippen LogP contribution in [0, 0.1) is 5.92 Å². The van der Waals surface area contributed by atoms with Crippen molar-refractivity contribution >= 4 is 0 Å². The van der Waals surface area contributed by atoms with Crippen molar-refractivity contribution in [1.29, 1.82) is 0 Å². The average molecular weight is 214 g/mol. The monoisotopic (exact) mass is 214 g/mol. The molecular weight excluding hydrogens is 188 g/mol. The van der Waals surface area contributed by atoms with Gasteiger partial charge in [0.2, 0.25) is 0 Å². The number of likely N-dealkylation sites (tertiary alicyclic amines) is 1. The first kappa shape index (κ1) is 12.9. The average Bonchev–Trinajstić information content (AvgIpc) is 2.27. The lowest BCUT2D eigenvalue weighted by Gasteiger charge is -2.32. The Morgan fingerprint density at radius 3 is 2.60 bits per heavy atom. The van der Waals surface area contributed by atoms with Gasteiger partial charge in [-0.1, -0.05) is 13.3 Å². The summed E-state index contributed by atoms with van der Waals surface area (Å²) >= 11 is 0. The summed E-state index contributed by atoms with van der Waals surface area (Å²) in [5, 5.41) is 12.6. The Bertz CT molecular complexity index is 153. The largest absolute Gasteiger partial charge is 0.393 e. The zero-order chi connectivity index (χ0) is 11.1. The maximum Gasteiger partial charge on any atom is 0.0564 e. The van der Waals surface area contributed by atoms with Gasteiger partial charge < -0.3 is 15.3 Å². The van der Waals surface area contributed by atoms with Crippen LogP contribution in [0.3, 0.4) is 0 Å². The lowest BCUT2D eigenvalue weighted by atomic mass is 9.99. The molecule has 0 saturated carbocycles. The predicted molar refractivity (Wildman–Crippen MR) is 64.0 cm³/mol. The second kappa shape index (κ2) is 7.20. The molecule has 0 bridgehead atoms. The molecule has 3 heteroatoms. The first-order chi connectivity index (χ1) is 7.26. The number of rotatable bonds is 6. The van der Waals surface area contributed by atoms with E-state index in [1.165, 1.54) is 19.4 Å². The van der Waals surface area contributed by atoms with Gasteiger partial charge in [0.15, 0.2) is 0 Å². The molecule has 0 aliphatic carbocycles. The van der Waals surface area contributed by atoms with Crippen LogP contribution in [0.1, 0.15) is 32.6 Å². The van der Waals surface area contributed by atoms with Crippen LogP contribution in [-0.4, -0.2) is 49.3 Å². The Morgan fingerprint density at radius 2 is 2.07 bits per heavy atom. The van der Waals surface area contributed by atoms with Crippen LogP contribution in [-0.2, 0) is 0 Å². The molecule has 1 aliphatic rings. The van der Waals surface area contributed by atoms with Gasteiger partial charge in [0, 0.05) is 19.6 Å². The van der Waals surface area contributed by atoms with Crippen LogP contribution in [0.15, 0.2) is 0 Å². The summed E-state index contributed by atoms with van der Waals surface area (Å²) < 4.78 is 0. The highest BCUT2D eigenvalue weighted by molar-refractivity contribution is 4.73. The van der Waals surface area contributed by atoms with Crippen LogP contribution in [0.4, 0.5) is 0 Å². The van der Waals surface area contributed by atoms with Gasteiger partial charge in [-0.25, -0.2) is 0 Å². The first-order valence-electron chi connectivity index (χ1n) is 6.31. The van der Waals surface area contributed by atoms with Crippen molar-refractivity contribution in [2.75, 3.05) is 33.2 Å². The number of aliphatic hydroxyl groups excluding tert-OH is 1. The molecule has 1 heterocycles. The third-order valence-corrected chi connectivity index (χ3v) is 3.45. The lowest BCUT2D eigenvalue weighted by molar-refractivity contribution is 0.0736. The van der Waals surface area contributed by atoms with E-state index in [2.05, 4.69) is 17.1 Å². The molecule has 90 valence electrons. The Hall–Kier alpha value is -0.120. The minimum absolute atomic E-state index is 0.0429. The van der Waals surface area contributed by atoms with Crippen LogP contribution < -0.4 is 5.32 Å². The van der Waals surface area contributed by atoms with E-state index < -0.39 is 0 Å². The van der Waals surface area contributed by atoms with Gasteiger partial charge in [-0.2, -0.15) is 0 Å². The molecule has 0 amide bonds. The Morgan fingerprint density at radius 1 is 1.40 bits per heavy atom. The molecule has 0 spiro atoms. The van der Waals surface area contributed by atoms with Gasteiger partial charge in [0.1, 0.15) is 0 Å².